The predicted molar refractivity (Wildman–Crippen MR) is 136 cm³/mol. The summed E-state index contributed by atoms with van der Waals surface area (Å²) in [4.78, 5) is 25.8. The van der Waals surface area contributed by atoms with Crippen molar-refractivity contribution >= 4 is 17.5 Å². The van der Waals surface area contributed by atoms with E-state index in [1.807, 2.05) is 31.2 Å². The fraction of sp³-hybridized carbons (Fsp3) is 0.250. The van der Waals surface area contributed by atoms with E-state index in [-0.39, 0.29) is 17.2 Å². The lowest BCUT2D eigenvalue weighted by atomic mass is 9.98. The summed E-state index contributed by atoms with van der Waals surface area (Å²) < 4.78 is 22.9. The van der Waals surface area contributed by atoms with Crippen LogP contribution < -0.4 is 18.9 Å². The third-order valence-corrected chi connectivity index (χ3v) is 6.55. The van der Waals surface area contributed by atoms with Gasteiger partial charge in [-0.15, -0.1) is 0 Å². The topological polar surface area (TPSA) is 100 Å². The van der Waals surface area contributed by atoms with E-state index in [2.05, 4.69) is 4.90 Å². The molecule has 0 atom stereocenters. The molecule has 0 fully saturated rings. The molecule has 0 amide bonds. The van der Waals surface area contributed by atoms with Crippen LogP contribution in [0.15, 0.2) is 54.3 Å². The number of rotatable bonds is 7. The van der Waals surface area contributed by atoms with E-state index in [4.69, 9.17) is 18.9 Å². The van der Waals surface area contributed by atoms with Gasteiger partial charge in [-0.1, -0.05) is 6.07 Å². The molecule has 0 saturated carbocycles. The zero-order chi connectivity index (χ0) is 26.1. The molecule has 0 saturated heterocycles. The first-order chi connectivity index (χ1) is 17.9. The lowest BCUT2D eigenvalue weighted by molar-refractivity contribution is -0.384. The fourth-order valence-corrected chi connectivity index (χ4v) is 4.59. The molecule has 3 aromatic carbocycles. The minimum Gasteiger partial charge on any atom is -0.493 e. The number of nitro groups is 1. The van der Waals surface area contributed by atoms with Gasteiger partial charge in [0.2, 0.25) is 5.78 Å². The predicted octanol–water partition coefficient (Wildman–Crippen LogP) is 4.93. The standard InChI is InChI=1S/C28H26N2O7/c1-17-12-23-21(15-29(16-36-23)11-10-19-6-9-22(34-2)24(13-19)35-3)28-26(17)27(31)25(37-28)14-18-4-7-20(8-5-18)30(32)33/h4-9,12-14H,10-11,15-16H2,1-3H3/b25-14+. The first-order valence-electron chi connectivity index (χ1n) is 11.8. The van der Waals surface area contributed by atoms with E-state index in [1.54, 1.807) is 32.4 Å². The molecule has 0 N–H and O–H groups in total. The van der Waals surface area contributed by atoms with Crippen LogP contribution in [-0.2, 0) is 13.0 Å². The zero-order valence-electron chi connectivity index (χ0n) is 20.8. The maximum Gasteiger partial charge on any atom is 0.269 e. The van der Waals surface area contributed by atoms with E-state index in [0.29, 0.717) is 47.4 Å². The summed E-state index contributed by atoms with van der Waals surface area (Å²) in [5, 5.41) is 10.9. The number of carbonyl (C=O) groups excluding carboxylic acids is 1. The maximum absolute atomic E-state index is 13.2. The second-order valence-corrected chi connectivity index (χ2v) is 8.93. The molecule has 0 radical (unpaired) electrons. The van der Waals surface area contributed by atoms with Gasteiger partial charge in [0.15, 0.2) is 17.3 Å². The fourth-order valence-electron chi connectivity index (χ4n) is 4.59. The van der Waals surface area contributed by atoms with Crippen LogP contribution in [-0.4, -0.2) is 43.1 Å². The second-order valence-electron chi connectivity index (χ2n) is 8.93. The Morgan fingerprint density at radius 1 is 1.08 bits per heavy atom. The van der Waals surface area contributed by atoms with Gasteiger partial charge in [-0.3, -0.25) is 19.8 Å². The van der Waals surface area contributed by atoms with Gasteiger partial charge >= 0.3 is 0 Å². The number of carbonyl (C=O) groups is 1. The molecule has 2 heterocycles. The number of aryl methyl sites for hydroxylation is 1. The van der Waals surface area contributed by atoms with Crippen LogP contribution in [0, 0.1) is 17.0 Å². The second kappa shape index (κ2) is 9.94. The highest BCUT2D eigenvalue weighted by molar-refractivity contribution is 6.15. The van der Waals surface area contributed by atoms with Crippen LogP contribution in [0.2, 0.25) is 0 Å². The number of hydrogen-bond acceptors (Lipinski definition) is 8. The van der Waals surface area contributed by atoms with Crippen molar-refractivity contribution < 1.29 is 28.7 Å². The Hall–Kier alpha value is -4.37. The molecule has 9 nitrogen and oxygen atoms in total. The number of hydrogen-bond donors (Lipinski definition) is 0. The molecule has 0 bridgehead atoms. The number of Topliss-reactive ketones (excluding diaryl/α,β-unsaturated/α-hetero) is 1. The van der Waals surface area contributed by atoms with Gasteiger partial charge in [0.05, 0.1) is 30.3 Å². The summed E-state index contributed by atoms with van der Waals surface area (Å²) in [5.74, 6) is 2.57. The van der Waals surface area contributed by atoms with Gasteiger partial charge in [0, 0.05) is 25.2 Å². The first-order valence-corrected chi connectivity index (χ1v) is 11.8. The average molecular weight is 503 g/mol. The van der Waals surface area contributed by atoms with Gasteiger partial charge in [0.1, 0.15) is 18.2 Å². The summed E-state index contributed by atoms with van der Waals surface area (Å²) in [6.07, 6.45) is 2.38. The van der Waals surface area contributed by atoms with Crippen molar-refractivity contribution in [3.05, 3.63) is 92.2 Å². The molecule has 37 heavy (non-hydrogen) atoms. The van der Waals surface area contributed by atoms with E-state index in [0.717, 1.165) is 29.7 Å². The van der Waals surface area contributed by atoms with Crippen LogP contribution >= 0.6 is 0 Å². The largest absolute Gasteiger partial charge is 0.493 e. The number of nitrogens with zero attached hydrogens (tertiary/aromatic N) is 2. The molecular weight excluding hydrogens is 476 g/mol. The molecule has 0 unspecified atom stereocenters. The van der Waals surface area contributed by atoms with Gasteiger partial charge in [-0.25, -0.2) is 0 Å². The lowest BCUT2D eigenvalue weighted by Crippen LogP contribution is -2.34. The molecule has 0 aliphatic carbocycles. The number of methoxy groups -OCH3 is 2. The van der Waals surface area contributed by atoms with Crippen LogP contribution in [0.3, 0.4) is 0 Å². The molecule has 5 rings (SSSR count). The van der Waals surface area contributed by atoms with Crippen LogP contribution in [0.25, 0.3) is 6.08 Å². The van der Waals surface area contributed by atoms with E-state index < -0.39 is 4.92 Å². The number of allylic oxidation sites excluding steroid dienone is 1. The number of non-ortho nitro benzene ring substituents is 1. The summed E-state index contributed by atoms with van der Waals surface area (Å²) in [7, 11) is 3.23. The number of ether oxygens (including phenoxy) is 4. The smallest absolute Gasteiger partial charge is 0.269 e. The summed E-state index contributed by atoms with van der Waals surface area (Å²) in [6, 6.07) is 13.7. The molecule has 2 aliphatic rings. The Kier molecular flexibility index (Phi) is 6.54. The van der Waals surface area contributed by atoms with Gasteiger partial charge in [0.25, 0.3) is 5.69 Å². The van der Waals surface area contributed by atoms with Crippen LogP contribution in [0.5, 0.6) is 23.0 Å². The van der Waals surface area contributed by atoms with E-state index in [9.17, 15) is 14.9 Å². The van der Waals surface area contributed by atoms with Gasteiger partial charge in [-0.05, 0) is 66.4 Å². The number of benzene rings is 3. The van der Waals surface area contributed by atoms with E-state index in [1.165, 1.54) is 12.1 Å². The molecule has 9 heteroatoms. The van der Waals surface area contributed by atoms with Crippen molar-refractivity contribution in [2.45, 2.75) is 19.9 Å². The molecule has 3 aromatic rings. The highest BCUT2D eigenvalue weighted by Gasteiger charge is 2.35. The zero-order valence-corrected chi connectivity index (χ0v) is 20.8. The van der Waals surface area contributed by atoms with E-state index >= 15 is 0 Å². The van der Waals surface area contributed by atoms with Gasteiger partial charge < -0.3 is 18.9 Å². The Morgan fingerprint density at radius 2 is 1.84 bits per heavy atom. The monoisotopic (exact) mass is 502 g/mol. The Balaban J connectivity index is 1.35. The third-order valence-electron chi connectivity index (χ3n) is 6.55. The summed E-state index contributed by atoms with van der Waals surface area (Å²) in [5.41, 5.74) is 3.87. The van der Waals surface area contributed by atoms with Crippen molar-refractivity contribution in [1.29, 1.82) is 0 Å². The molecule has 190 valence electrons. The molecule has 0 aromatic heterocycles. The maximum atomic E-state index is 13.2. The lowest BCUT2D eigenvalue weighted by Gasteiger charge is -2.30. The molecular formula is C28H26N2O7. The number of fused-ring (bicyclic) bond motifs is 3. The molecule has 2 aliphatic heterocycles. The van der Waals surface area contributed by atoms with Crippen molar-refractivity contribution in [2.24, 2.45) is 0 Å². The molecule has 0 spiro atoms. The van der Waals surface area contributed by atoms with Crippen molar-refractivity contribution in [3.8, 4) is 23.0 Å². The summed E-state index contributed by atoms with van der Waals surface area (Å²) in [6.45, 7) is 3.60. The summed E-state index contributed by atoms with van der Waals surface area (Å²) >= 11 is 0. The van der Waals surface area contributed by atoms with Crippen molar-refractivity contribution in [3.63, 3.8) is 0 Å². The minimum atomic E-state index is -0.462. The quantitative estimate of drug-likeness (QED) is 0.255. The Morgan fingerprint density at radius 3 is 2.54 bits per heavy atom. The number of nitro benzene ring substituents is 1. The van der Waals surface area contributed by atoms with Crippen LogP contribution in [0.4, 0.5) is 5.69 Å². The normalized spacial score (nSPS) is 15.5. The van der Waals surface area contributed by atoms with Crippen LogP contribution in [0.1, 0.15) is 32.6 Å². The Labute approximate surface area is 214 Å². The van der Waals surface area contributed by atoms with Crippen molar-refractivity contribution in [1.82, 2.24) is 4.90 Å². The first kappa shape index (κ1) is 24.3. The van der Waals surface area contributed by atoms with Crippen molar-refractivity contribution in [2.75, 3.05) is 27.5 Å². The van der Waals surface area contributed by atoms with Gasteiger partial charge in [-0.2, -0.15) is 0 Å². The average Bonchev–Trinajstić information content (AvgIpc) is 3.24. The third kappa shape index (κ3) is 4.73. The highest BCUT2D eigenvalue weighted by atomic mass is 16.6. The minimum absolute atomic E-state index is 0.0145. The Bertz CT molecular complexity index is 1410. The number of ketones is 1. The SMILES string of the molecule is COc1ccc(CCN2COc3cc(C)c4c(c3C2)O/C(=C/c2ccc([N+](=O)[O-])cc2)C4=O)cc1OC. The highest BCUT2D eigenvalue weighted by Crippen LogP contribution is 2.44.